The van der Waals surface area contributed by atoms with Gasteiger partial charge in [0, 0.05) is 12.5 Å². The summed E-state index contributed by atoms with van der Waals surface area (Å²) in [6, 6.07) is 2.47. The fraction of sp³-hybridized carbons (Fsp3) is 0.640. The average Bonchev–Trinajstić information content (AvgIpc) is 2.70. The zero-order chi connectivity index (χ0) is 22.2. The Morgan fingerprint density at radius 3 is 2.73 bits per heavy atom. The highest BCUT2D eigenvalue weighted by Crippen LogP contribution is 2.47. The lowest BCUT2D eigenvalue weighted by Gasteiger charge is -2.41. The molecule has 2 aliphatic carbocycles. The molecule has 5 nitrogen and oxygen atoms in total. The molecule has 2 atom stereocenters. The molecule has 30 heavy (non-hydrogen) atoms. The van der Waals surface area contributed by atoms with Crippen LogP contribution in [0.15, 0.2) is 36.5 Å². The van der Waals surface area contributed by atoms with E-state index in [-0.39, 0.29) is 12.7 Å². The summed E-state index contributed by atoms with van der Waals surface area (Å²) in [6.07, 6.45) is 18.4. The first kappa shape index (κ1) is 26.0. The van der Waals surface area contributed by atoms with Gasteiger partial charge in [-0.3, -0.25) is 0 Å². The van der Waals surface area contributed by atoms with Gasteiger partial charge in [-0.05, 0) is 56.3 Å². The standard InChI is InChI=1S/C14H21NO.C11H18O3/c1-2-3-6-13(16)7-11-14(8-4-9-14)10-5-12-15;1-9-4-2-3-5-10(9)6-7-14-8-11(12)13/h2-3,6,13,16H,1,4,7-11,15H2;6,9H,2-5,7-8H2,1H3,(H,12,13)/b6-3+;10-6+. The van der Waals surface area contributed by atoms with Crippen LogP contribution in [0, 0.1) is 23.3 Å². The van der Waals surface area contributed by atoms with Crippen molar-refractivity contribution in [2.24, 2.45) is 17.1 Å². The number of rotatable bonds is 10. The van der Waals surface area contributed by atoms with Gasteiger partial charge in [0.1, 0.15) is 6.61 Å². The molecule has 0 amide bonds. The second-order valence-electron chi connectivity index (χ2n) is 8.41. The molecule has 0 heterocycles. The minimum absolute atomic E-state index is 0.196. The van der Waals surface area contributed by atoms with Gasteiger partial charge in [0.2, 0.25) is 0 Å². The fourth-order valence-corrected chi connectivity index (χ4v) is 4.01. The molecule has 0 radical (unpaired) electrons. The largest absolute Gasteiger partial charge is 0.480 e. The number of hydrogen-bond acceptors (Lipinski definition) is 4. The topological polar surface area (TPSA) is 92.8 Å². The molecule has 0 saturated heterocycles. The first-order valence-electron chi connectivity index (χ1n) is 11.1. The van der Waals surface area contributed by atoms with Crippen molar-refractivity contribution in [2.75, 3.05) is 13.2 Å². The number of aliphatic carboxylic acids is 1. The lowest BCUT2D eigenvalue weighted by atomic mass is 9.64. The third kappa shape index (κ3) is 10.7. The van der Waals surface area contributed by atoms with Crippen LogP contribution in [0.1, 0.15) is 71.1 Å². The molecule has 0 bridgehead atoms. The maximum absolute atomic E-state index is 10.2. The van der Waals surface area contributed by atoms with Crippen LogP contribution in [0.4, 0.5) is 0 Å². The number of nitrogens with two attached hydrogens (primary N) is 1. The summed E-state index contributed by atoms with van der Waals surface area (Å²) in [5.41, 5.74) is 6.96. The van der Waals surface area contributed by atoms with Gasteiger partial charge >= 0.3 is 5.97 Å². The van der Waals surface area contributed by atoms with Crippen molar-refractivity contribution >= 4 is 5.97 Å². The first-order chi connectivity index (χ1) is 14.4. The summed E-state index contributed by atoms with van der Waals surface area (Å²) in [4.78, 5) is 10.2. The molecule has 2 unspecified atom stereocenters. The maximum atomic E-state index is 10.2. The molecule has 0 aromatic heterocycles. The minimum atomic E-state index is -0.903. The van der Waals surface area contributed by atoms with Gasteiger partial charge in [-0.25, -0.2) is 4.79 Å². The summed E-state index contributed by atoms with van der Waals surface area (Å²) >= 11 is 0. The molecular formula is C25H39NO4. The van der Waals surface area contributed by atoms with E-state index in [1.165, 1.54) is 44.1 Å². The van der Waals surface area contributed by atoms with Crippen molar-refractivity contribution in [3.05, 3.63) is 36.5 Å². The van der Waals surface area contributed by atoms with Crippen molar-refractivity contribution in [3.8, 4) is 12.0 Å². The molecule has 0 aromatic rings. The summed E-state index contributed by atoms with van der Waals surface area (Å²) in [6.45, 7) is 6.04. The molecule has 5 heteroatoms. The third-order valence-corrected chi connectivity index (χ3v) is 6.09. The smallest absolute Gasteiger partial charge is 0.329 e. The number of hydrogen-bond donors (Lipinski definition) is 3. The molecule has 0 aromatic carbocycles. The molecule has 0 spiro atoms. The highest BCUT2D eigenvalue weighted by Gasteiger charge is 2.35. The zero-order valence-corrected chi connectivity index (χ0v) is 18.4. The lowest BCUT2D eigenvalue weighted by Crippen LogP contribution is -2.30. The monoisotopic (exact) mass is 417 g/mol. The van der Waals surface area contributed by atoms with E-state index in [0.717, 1.165) is 25.7 Å². The van der Waals surface area contributed by atoms with Gasteiger partial charge in [-0.2, -0.15) is 0 Å². The summed E-state index contributed by atoms with van der Waals surface area (Å²) < 4.78 is 4.97. The predicted molar refractivity (Wildman–Crippen MR) is 122 cm³/mol. The van der Waals surface area contributed by atoms with E-state index in [1.54, 1.807) is 18.2 Å². The molecule has 2 aliphatic rings. The molecule has 4 N–H and O–H groups in total. The Bertz CT molecular complexity index is 637. The number of aliphatic hydroxyl groups excluding tert-OH is 1. The van der Waals surface area contributed by atoms with E-state index in [4.69, 9.17) is 15.6 Å². The van der Waals surface area contributed by atoms with E-state index >= 15 is 0 Å². The van der Waals surface area contributed by atoms with Crippen LogP contribution in [-0.4, -0.2) is 35.5 Å². The SMILES string of the molecule is C=C/C=C/C(O)CCC1(CC#CN)CCC1.CC1CCCC/C1=C\COCC(=O)O. The van der Waals surface area contributed by atoms with Crippen LogP contribution in [0.25, 0.3) is 0 Å². The number of ether oxygens (including phenoxy) is 1. The van der Waals surface area contributed by atoms with Gasteiger partial charge < -0.3 is 20.7 Å². The van der Waals surface area contributed by atoms with Crippen LogP contribution < -0.4 is 5.73 Å². The Morgan fingerprint density at radius 2 is 2.17 bits per heavy atom. The molecule has 2 fully saturated rings. The minimum Gasteiger partial charge on any atom is -0.480 e. The van der Waals surface area contributed by atoms with Gasteiger partial charge in [-0.1, -0.05) is 62.1 Å². The Labute approximate surface area is 182 Å². The molecular weight excluding hydrogens is 378 g/mol. The second kappa shape index (κ2) is 14.9. The molecule has 168 valence electrons. The fourth-order valence-electron chi connectivity index (χ4n) is 4.01. The summed E-state index contributed by atoms with van der Waals surface area (Å²) in [5, 5.41) is 18.1. The normalized spacial score (nSPS) is 22.2. The second-order valence-corrected chi connectivity index (χ2v) is 8.41. The molecule has 2 saturated carbocycles. The van der Waals surface area contributed by atoms with Gasteiger partial charge in [0.15, 0.2) is 0 Å². The van der Waals surface area contributed by atoms with Gasteiger partial charge in [0.05, 0.1) is 12.7 Å². The van der Waals surface area contributed by atoms with Crippen LogP contribution in [0.2, 0.25) is 0 Å². The number of allylic oxidation sites excluding steroid dienone is 3. The van der Waals surface area contributed by atoms with E-state index in [2.05, 4.69) is 25.5 Å². The predicted octanol–water partition coefficient (Wildman–Crippen LogP) is 4.57. The first-order valence-corrected chi connectivity index (χ1v) is 11.1. The molecule has 0 aliphatic heterocycles. The van der Waals surface area contributed by atoms with Gasteiger partial charge in [0.25, 0.3) is 0 Å². The maximum Gasteiger partial charge on any atom is 0.329 e. The number of carbonyl (C=O) groups is 1. The highest BCUT2D eigenvalue weighted by atomic mass is 16.5. The van der Waals surface area contributed by atoms with E-state index in [1.807, 2.05) is 6.08 Å². The summed E-state index contributed by atoms with van der Waals surface area (Å²) in [7, 11) is 0. The van der Waals surface area contributed by atoms with Crippen LogP contribution in [-0.2, 0) is 9.53 Å². The van der Waals surface area contributed by atoms with E-state index < -0.39 is 5.97 Å². The van der Waals surface area contributed by atoms with E-state index in [9.17, 15) is 9.90 Å². The van der Waals surface area contributed by atoms with Crippen LogP contribution in [0.3, 0.4) is 0 Å². The highest BCUT2D eigenvalue weighted by molar-refractivity contribution is 5.68. The number of aliphatic hydroxyl groups is 1. The Balaban J connectivity index is 0.000000303. The zero-order valence-electron chi connectivity index (χ0n) is 18.4. The van der Waals surface area contributed by atoms with Crippen molar-refractivity contribution < 1.29 is 19.7 Å². The van der Waals surface area contributed by atoms with Crippen molar-refractivity contribution in [3.63, 3.8) is 0 Å². The van der Waals surface area contributed by atoms with Crippen molar-refractivity contribution in [2.45, 2.75) is 77.2 Å². The third-order valence-electron chi connectivity index (χ3n) is 6.09. The lowest BCUT2D eigenvalue weighted by molar-refractivity contribution is -0.141. The van der Waals surface area contributed by atoms with Crippen molar-refractivity contribution in [1.82, 2.24) is 0 Å². The van der Waals surface area contributed by atoms with Gasteiger partial charge in [-0.15, -0.1) is 0 Å². The van der Waals surface area contributed by atoms with Crippen molar-refractivity contribution in [1.29, 1.82) is 0 Å². The number of carboxylic acids is 1. The molecule has 2 rings (SSSR count). The summed E-state index contributed by atoms with van der Waals surface area (Å²) in [5.74, 6) is 2.72. The Morgan fingerprint density at radius 1 is 1.40 bits per heavy atom. The number of carboxylic acid groups (broad SMARTS) is 1. The Kier molecular flexibility index (Phi) is 12.9. The van der Waals surface area contributed by atoms with Crippen LogP contribution >= 0.6 is 0 Å². The van der Waals surface area contributed by atoms with E-state index in [0.29, 0.717) is 17.9 Å². The van der Waals surface area contributed by atoms with Crippen LogP contribution in [0.5, 0.6) is 0 Å². The average molecular weight is 418 g/mol. The quantitative estimate of drug-likeness (QED) is 0.159. The Hall–Kier alpha value is -2.03.